The van der Waals surface area contributed by atoms with E-state index in [1.807, 2.05) is 0 Å². The topological polar surface area (TPSA) is 67.3 Å². The fraction of sp³-hybridized carbons (Fsp3) is 0.308. The van der Waals surface area contributed by atoms with Gasteiger partial charge in [0, 0.05) is 11.5 Å². The predicted octanol–water partition coefficient (Wildman–Crippen LogP) is 3.17. The molecule has 0 atom stereocenters. The molecule has 2 aromatic rings. The van der Waals surface area contributed by atoms with Crippen molar-refractivity contribution < 1.29 is 13.5 Å². The SMILES string of the molecule is CC(C)(C)S(=O)(=O)c1cc(Cl)c2ccc(O)cc2n1. The first-order valence-electron chi connectivity index (χ1n) is 5.67. The number of hydrogen-bond acceptors (Lipinski definition) is 4. The van der Waals surface area contributed by atoms with Crippen LogP contribution in [0, 0.1) is 0 Å². The summed E-state index contributed by atoms with van der Waals surface area (Å²) >= 11 is 6.08. The lowest BCUT2D eigenvalue weighted by atomic mass is 10.2. The lowest BCUT2D eigenvalue weighted by Gasteiger charge is -2.19. The van der Waals surface area contributed by atoms with Gasteiger partial charge in [0.05, 0.1) is 15.3 Å². The summed E-state index contributed by atoms with van der Waals surface area (Å²) in [6, 6.07) is 5.83. The molecule has 0 unspecified atom stereocenters. The van der Waals surface area contributed by atoms with Gasteiger partial charge in [-0.2, -0.15) is 0 Å². The molecular weight excluding hydrogens is 286 g/mol. The van der Waals surface area contributed by atoms with E-state index in [2.05, 4.69) is 4.98 Å². The van der Waals surface area contributed by atoms with Crippen molar-refractivity contribution >= 4 is 32.3 Å². The molecule has 4 nitrogen and oxygen atoms in total. The summed E-state index contributed by atoms with van der Waals surface area (Å²) < 4.78 is 23.7. The summed E-state index contributed by atoms with van der Waals surface area (Å²) in [6.45, 7) is 4.81. The average molecular weight is 300 g/mol. The van der Waals surface area contributed by atoms with E-state index in [1.54, 1.807) is 26.8 Å². The Hall–Kier alpha value is -1.33. The van der Waals surface area contributed by atoms with E-state index >= 15 is 0 Å². The van der Waals surface area contributed by atoms with Crippen molar-refractivity contribution in [2.24, 2.45) is 0 Å². The highest BCUT2D eigenvalue weighted by Gasteiger charge is 2.32. The van der Waals surface area contributed by atoms with Crippen LogP contribution in [0.15, 0.2) is 29.3 Å². The van der Waals surface area contributed by atoms with Crippen LogP contribution in [0.25, 0.3) is 10.9 Å². The second kappa shape index (κ2) is 4.35. The number of phenols is 1. The Morgan fingerprint density at radius 1 is 1.21 bits per heavy atom. The number of aromatic hydroxyl groups is 1. The molecule has 0 fully saturated rings. The number of benzene rings is 1. The zero-order chi connectivity index (χ0) is 14.4. The molecule has 0 radical (unpaired) electrons. The van der Waals surface area contributed by atoms with Crippen LogP contribution in [0.3, 0.4) is 0 Å². The Kier molecular flexibility index (Phi) is 3.23. The first-order chi connectivity index (χ1) is 8.63. The lowest BCUT2D eigenvalue weighted by Crippen LogP contribution is -2.28. The van der Waals surface area contributed by atoms with Gasteiger partial charge in [-0.3, -0.25) is 0 Å². The van der Waals surface area contributed by atoms with Crippen molar-refractivity contribution in [3.63, 3.8) is 0 Å². The van der Waals surface area contributed by atoms with E-state index in [4.69, 9.17) is 11.6 Å². The van der Waals surface area contributed by atoms with Gasteiger partial charge in [0.25, 0.3) is 0 Å². The number of nitrogens with zero attached hydrogens (tertiary/aromatic N) is 1. The Morgan fingerprint density at radius 2 is 1.84 bits per heavy atom. The number of pyridine rings is 1. The van der Waals surface area contributed by atoms with Crippen LogP contribution in [-0.4, -0.2) is 23.3 Å². The molecule has 6 heteroatoms. The molecule has 1 aromatic carbocycles. The minimum absolute atomic E-state index is 0.0152. The van der Waals surface area contributed by atoms with Crippen molar-refractivity contribution in [3.8, 4) is 5.75 Å². The number of phenolic OH excluding ortho intramolecular Hbond substituents is 1. The zero-order valence-corrected chi connectivity index (χ0v) is 12.4. The second-order valence-corrected chi connectivity index (χ2v) is 8.32. The van der Waals surface area contributed by atoms with Gasteiger partial charge in [-0.05, 0) is 39.0 Å². The number of aromatic nitrogens is 1. The van der Waals surface area contributed by atoms with Gasteiger partial charge in [0.1, 0.15) is 5.75 Å². The monoisotopic (exact) mass is 299 g/mol. The summed E-state index contributed by atoms with van der Waals surface area (Å²) in [7, 11) is -3.58. The van der Waals surface area contributed by atoms with Crippen LogP contribution >= 0.6 is 11.6 Å². The van der Waals surface area contributed by atoms with Crippen molar-refractivity contribution in [1.29, 1.82) is 0 Å². The number of fused-ring (bicyclic) bond motifs is 1. The Balaban J connectivity index is 2.78. The van der Waals surface area contributed by atoms with E-state index in [-0.39, 0.29) is 10.8 Å². The van der Waals surface area contributed by atoms with E-state index in [0.29, 0.717) is 15.9 Å². The van der Waals surface area contributed by atoms with E-state index in [0.717, 1.165) is 0 Å². The van der Waals surface area contributed by atoms with E-state index in [9.17, 15) is 13.5 Å². The summed E-state index contributed by atoms with van der Waals surface area (Å²) in [6.07, 6.45) is 0. The third kappa shape index (κ3) is 2.40. The summed E-state index contributed by atoms with van der Waals surface area (Å²) in [4.78, 5) is 4.10. The number of rotatable bonds is 1. The molecule has 0 aliphatic rings. The summed E-state index contributed by atoms with van der Waals surface area (Å²) in [5.41, 5.74) is 0.357. The normalized spacial score (nSPS) is 12.8. The molecule has 1 N–H and O–H groups in total. The minimum atomic E-state index is -3.58. The molecule has 0 saturated heterocycles. The van der Waals surface area contributed by atoms with Gasteiger partial charge in [0.15, 0.2) is 5.03 Å². The smallest absolute Gasteiger partial charge is 0.200 e. The van der Waals surface area contributed by atoms with Crippen molar-refractivity contribution in [1.82, 2.24) is 4.98 Å². The quantitative estimate of drug-likeness (QED) is 0.878. The lowest BCUT2D eigenvalue weighted by molar-refractivity contribution is 0.476. The predicted molar refractivity (Wildman–Crippen MR) is 75.4 cm³/mol. The molecule has 0 spiro atoms. The minimum Gasteiger partial charge on any atom is -0.508 e. The molecule has 0 aliphatic carbocycles. The summed E-state index contributed by atoms with van der Waals surface area (Å²) in [5.74, 6) is 0.0152. The Labute approximate surface area is 117 Å². The highest BCUT2D eigenvalue weighted by Crippen LogP contribution is 2.31. The standard InChI is InChI=1S/C13H14ClNO3S/c1-13(2,3)19(17,18)12-7-10(14)9-5-4-8(16)6-11(9)15-12/h4-7,16H,1-3H3. The van der Waals surface area contributed by atoms with Crippen LogP contribution < -0.4 is 0 Å². The highest BCUT2D eigenvalue weighted by atomic mass is 35.5. The number of sulfone groups is 1. The molecule has 1 aromatic heterocycles. The zero-order valence-electron chi connectivity index (χ0n) is 10.8. The van der Waals surface area contributed by atoms with Gasteiger partial charge >= 0.3 is 0 Å². The van der Waals surface area contributed by atoms with Crippen LogP contribution in [-0.2, 0) is 9.84 Å². The van der Waals surface area contributed by atoms with Crippen LogP contribution in [0.4, 0.5) is 0 Å². The Morgan fingerprint density at radius 3 is 2.42 bits per heavy atom. The molecule has 1 heterocycles. The van der Waals surface area contributed by atoms with Crippen molar-refractivity contribution in [2.75, 3.05) is 0 Å². The molecular formula is C13H14ClNO3S. The van der Waals surface area contributed by atoms with E-state index < -0.39 is 14.6 Å². The van der Waals surface area contributed by atoms with Gasteiger partial charge in [-0.1, -0.05) is 11.6 Å². The largest absolute Gasteiger partial charge is 0.508 e. The number of halogens is 1. The third-order valence-electron chi connectivity index (χ3n) is 2.80. The molecule has 0 bridgehead atoms. The van der Waals surface area contributed by atoms with Gasteiger partial charge in [0.2, 0.25) is 9.84 Å². The maximum absolute atomic E-state index is 12.4. The molecule has 0 amide bonds. The first-order valence-corrected chi connectivity index (χ1v) is 7.53. The second-order valence-electron chi connectivity index (χ2n) is 5.26. The Bertz CT molecular complexity index is 748. The van der Waals surface area contributed by atoms with Gasteiger partial charge in [-0.25, -0.2) is 13.4 Å². The highest BCUT2D eigenvalue weighted by molar-refractivity contribution is 7.92. The summed E-state index contributed by atoms with van der Waals surface area (Å²) in [5, 5.41) is 10.3. The molecule has 0 saturated carbocycles. The van der Waals surface area contributed by atoms with Gasteiger partial charge < -0.3 is 5.11 Å². The maximum atomic E-state index is 12.4. The molecule has 19 heavy (non-hydrogen) atoms. The van der Waals surface area contributed by atoms with Crippen LogP contribution in [0.2, 0.25) is 5.02 Å². The molecule has 2 rings (SSSR count). The average Bonchev–Trinajstić information content (AvgIpc) is 2.26. The fourth-order valence-electron chi connectivity index (χ4n) is 1.60. The molecule has 0 aliphatic heterocycles. The molecule has 102 valence electrons. The fourth-order valence-corrected chi connectivity index (χ4v) is 3.05. The van der Waals surface area contributed by atoms with Crippen LogP contribution in [0.5, 0.6) is 5.75 Å². The number of hydrogen-bond donors (Lipinski definition) is 1. The maximum Gasteiger partial charge on any atom is 0.200 e. The van der Waals surface area contributed by atoms with Crippen molar-refractivity contribution in [2.45, 2.75) is 30.5 Å². The van der Waals surface area contributed by atoms with Crippen molar-refractivity contribution in [3.05, 3.63) is 29.3 Å². The first kappa shape index (κ1) is 14.1. The third-order valence-corrected chi connectivity index (χ3v) is 5.49. The van der Waals surface area contributed by atoms with E-state index in [1.165, 1.54) is 18.2 Å². The van der Waals surface area contributed by atoms with Gasteiger partial charge in [-0.15, -0.1) is 0 Å². The van der Waals surface area contributed by atoms with Crippen LogP contribution in [0.1, 0.15) is 20.8 Å².